The molecule has 0 saturated heterocycles. The molecule has 84 heavy (non-hydrogen) atoms. The van der Waals surface area contributed by atoms with Crippen LogP contribution in [0.15, 0.2) is 187 Å². The quantitative estimate of drug-likeness (QED) is 0.140. The van der Waals surface area contributed by atoms with Crippen molar-refractivity contribution >= 4 is 39.6 Å². The molecule has 0 fully saturated rings. The zero-order chi connectivity index (χ0) is 64.8. The van der Waals surface area contributed by atoms with Gasteiger partial charge in [0.05, 0.1) is 0 Å². The van der Waals surface area contributed by atoms with Gasteiger partial charge in [0.2, 0.25) is 0 Å². The molecule has 0 amide bonds. The zero-order valence-electron chi connectivity index (χ0n) is 58.9. The van der Waals surface area contributed by atoms with Crippen molar-refractivity contribution in [3.05, 3.63) is 204 Å². The van der Waals surface area contributed by atoms with Gasteiger partial charge in [-0.1, -0.05) is 178 Å². The van der Waals surface area contributed by atoms with E-state index in [-0.39, 0.29) is 14.9 Å². The number of benzene rings is 5. The molecule has 0 atom stereocenters. The van der Waals surface area contributed by atoms with Gasteiger partial charge in [-0.3, -0.25) is 4.98 Å². The minimum Gasteiger partial charge on any atom is -0.378 e. The molecular formula is C77H133N7. The lowest BCUT2D eigenvalue weighted by Crippen LogP contribution is -2.10. The molecule has 1 aromatic heterocycles. The van der Waals surface area contributed by atoms with Gasteiger partial charge in [-0.2, -0.15) is 0 Å². The number of rotatable bonds is 8. The molecule has 7 heteroatoms. The summed E-state index contributed by atoms with van der Waals surface area (Å²) in [6, 6.07) is 48.6. The molecule has 7 nitrogen and oxygen atoms in total. The topological polar surface area (TPSA) is 32.3 Å². The summed E-state index contributed by atoms with van der Waals surface area (Å²) in [5, 5.41) is 0. The lowest BCUT2D eigenvalue weighted by Gasteiger charge is -2.16. The first-order valence-corrected chi connectivity index (χ1v) is 29.6. The Morgan fingerprint density at radius 2 is 0.500 bits per heavy atom. The molecule has 5 aromatic carbocycles. The van der Waals surface area contributed by atoms with Gasteiger partial charge in [-0.05, 0) is 204 Å². The normalized spacial score (nSPS) is 9.01. The highest BCUT2D eigenvalue weighted by Crippen LogP contribution is 2.25. The fourth-order valence-electron chi connectivity index (χ4n) is 5.44. The Morgan fingerprint density at radius 1 is 0.310 bits per heavy atom. The number of hydrogen-bond donors (Lipinski definition) is 0. The van der Waals surface area contributed by atoms with E-state index in [1.807, 2.05) is 156 Å². The van der Waals surface area contributed by atoms with E-state index in [0.29, 0.717) is 0 Å². The van der Waals surface area contributed by atoms with E-state index in [1.54, 1.807) is 12.4 Å². The SMILES string of the molecule is C.C.C/C=C(\C)c1ccc(/C(C)=C/C)cc1.CC.CC.CC.CC.CC=C(C)C.CC=C(C)C.CN(C)C.CN(C)c1ccc(-c2ccc(N(C)C)cc2)cc1.CN(C)c1ccc(N(C)C)cc1.Cc1ccc(N(C)C)cc1.c1ccncc1. The molecule has 1 heterocycles. The van der Waals surface area contributed by atoms with Crippen LogP contribution in [0.5, 0.6) is 0 Å². The van der Waals surface area contributed by atoms with E-state index in [2.05, 4.69) is 266 Å². The predicted molar refractivity (Wildman–Crippen MR) is 399 cm³/mol. The van der Waals surface area contributed by atoms with Crippen molar-refractivity contribution < 1.29 is 0 Å². The van der Waals surface area contributed by atoms with E-state index >= 15 is 0 Å². The lowest BCUT2D eigenvalue weighted by atomic mass is 10.0. The first-order chi connectivity index (χ1) is 38.8. The largest absolute Gasteiger partial charge is 0.378 e. The van der Waals surface area contributed by atoms with Gasteiger partial charge in [0.25, 0.3) is 0 Å². The second-order valence-electron chi connectivity index (χ2n) is 19.5. The summed E-state index contributed by atoms with van der Waals surface area (Å²) in [5.74, 6) is 0. The van der Waals surface area contributed by atoms with Crippen LogP contribution in [-0.4, -0.2) is 102 Å². The van der Waals surface area contributed by atoms with Crippen molar-refractivity contribution in [1.29, 1.82) is 0 Å². The van der Waals surface area contributed by atoms with E-state index < -0.39 is 0 Å². The summed E-state index contributed by atoms with van der Waals surface area (Å²) in [7, 11) is 26.5. The maximum Gasteiger partial charge on any atom is 0.0362 e. The highest BCUT2D eigenvalue weighted by Gasteiger charge is 2.01. The van der Waals surface area contributed by atoms with Gasteiger partial charge in [0.1, 0.15) is 0 Å². The fourth-order valence-corrected chi connectivity index (χ4v) is 5.44. The van der Waals surface area contributed by atoms with Crippen molar-refractivity contribution in [2.75, 3.05) is 116 Å². The van der Waals surface area contributed by atoms with Gasteiger partial charge < -0.3 is 29.4 Å². The molecule has 0 aliphatic heterocycles. The molecule has 0 aliphatic carbocycles. The third-order valence-electron chi connectivity index (χ3n) is 10.9. The summed E-state index contributed by atoms with van der Waals surface area (Å²) in [6.45, 7) is 38.9. The van der Waals surface area contributed by atoms with Crippen LogP contribution >= 0.6 is 0 Å². The summed E-state index contributed by atoms with van der Waals surface area (Å²) in [4.78, 5) is 16.3. The number of aromatic nitrogens is 1. The number of pyridine rings is 1. The van der Waals surface area contributed by atoms with Crippen molar-refractivity contribution in [3.8, 4) is 11.1 Å². The van der Waals surface area contributed by atoms with Crippen LogP contribution in [0.3, 0.4) is 0 Å². The number of nitrogens with zero attached hydrogens (tertiary/aromatic N) is 7. The Morgan fingerprint density at radius 3 is 0.643 bits per heavy atom. The second-order valence-corrected chi connectivity index (χ2v) is 19.5. The van der Waals surface area contributed by atoms with Crippen LogP contribution in [0, 0.1) is 6.92 Å². The lowest BCUT2D eigenvalue weighted by molar-refractivity contribution is 0.505. The average Bonchev–Trinajstić information content (AvgIpc) is 3.55. The minimum absolute atomic E-state index is 0. The van der Waals surface area contributed by atoms with Crippen molar-refractivity contribution in [2.45, 2.75) is 146 Å². The number of hydrogen-bond acceptors (Lipinski definition) is 7. The second kappa shape index (κ2) is 62.2. The molecule has 6 rings (SSSR count). The molecule has 0 radical (unpaired) electrons. The predicted octanol–water partition coefficient (Wildman–Crippen LogP) is 22.5. The first-order valence-electron chi connectivity index (χ1n) is 29.6. The Bertz CT molecular complexity index is 2240. The van der Waals surface area contributed by atoms with Crippen LogP contribution < -0.4 is 24.5 Å². The molecule has 0 bridgehead atoms. The fraction of sp³-hybridized carbons (Fsp3) is 0.442. The van der Waals surface area contributed by atoms with Gasteiger partial charge >= 0.3 is 0 Å². The number of aryl methyl sites for hydroxylation is 1. The Hall–Kier alpha value is -6.83. The summed E-state index contributed by atoms with van der Waals surface area (Å²) < 4.78 is 0. The standard InChI is InChI=1S/C16H20N2.C14H18.C10H16N2.C9H13N.C5H5N.2C5H10.C3H9N.4C2H6.2CH4/c1-17(2)15-9-5-13(6-10-15)14-7-11-16(12-8-14)18(3)4;1-5-11(3)13-7-9-14(10-8-13)12(4)6-2;1-11(2)9-5-7-10(8-6-9)12(3)4;1-8-4-6-9(7-5-8)10(2)3;1-2-4-6-5-3-1;2*1-4-5(2)3;1-4(2)3;4*1-2;;/h5-12H,1-4H3;5-10H,1-4H3;5-8H,1-4H3;4-7H,1-3H3;1-5H;2*4H,1-3H3;1-3H3;4*1-2H3;2*1H4/b;11-5+,12-6+;;;;;;;;;;;;. The minimum atomic E-state index is 0. The van der Waals surface area contributed by atoms with E-state index in [1.165, 1.54) is 78.5 Å². The molecule has 476 valence electrons. The molecule has 0 spiro atoms. The molecule has 0 unspecified atom stereocenters. The molecule has 0 N–H and O–H groups in total. The molecule has 0 saturated carbocycles. The maximum atomic E-state index is 3.78. The Balaban J connectivity index is -0.000000134. The third kappa shape index (κ3) is 52.0. The highest BCUT2D eigenvalue weighted by atomic mass is 15.1. The van der Waals surface area contributed by atoms with E-state index in [9.17, 15) is 0 Å². The van der Waals surface area contributed by atoms with Crippen LogP contribution in [0.4, 0.5) is 28.4 Å². The van der Waals surface area contributed by atoms with Crippen LogP contribution in [0.1, 0.15) is 156 Å². The van der Waals surface area contributed by atoms with Gasteiger partial charge in [0, 0.05) is 111 Å². The maximum absolute atomic E-state index is 3.78. The monoisotopic (exact) mass is 1160 g/mol. The van der Waals surface area contributed by atoms with Crippen molar-refractivity contribution in [2.24, 2.45) is 0 Å². The number of allylic oxidation sites excluding steroid dienone is 8. The summed E-state index contributed by atoms with van der Waals surface area (Å²) >= 11 is 0. The Labute approximate surface area is 524 Å². The molecule has 0 aliphatic rings. The van der Waals surface area contributed by atoms with Crippen molar-refractivity contribution in [1.82, 2.24) is 9.88 Å². The molecule has 6 aromatic rings. The third-order valence-corrected chi connectivity index (χ3v) is 10.9. The Kier molecular flexibility index (Phi) is 69.3. The van der Waals surface area contributed by atoms with Crippen molar-refractivity contribution in [3.63, 3.8) is 0 Å². The van der Waals surface area contributed by atoms with Gasteiger partial charge in [-0.25, -0.2) is 0 Å². The summed E-state index contributed by atoms with van der Waals surface area (Å²) in [5.41, 5.74) is 18.0. The smallest absolute Gasteiger partial charge is 0.0362 e. The van der Waals surface area contributed by atoms with Gasteiger partial charge in [-0.15, -0.1) is 0 Å². The summed E-state index contributed by atoms with van der Waals surface area (Å²) in [6.07, 6.45) is 11.9. The van der Waals surface area contributed by atoms with E-state index in [4.69, 9.17) is 0 Å². The highest BCUT2D eigenvalue weighted by molar-refractivity contribution is 5.69. The average molecular weight is 1160 g/mol. The van der Waals surface area contributed by atoms with Crippen LogP contribution in [0.2, 0.25) is 0 Å². The molecular weight excluding hydrogens is 1020 g/mol. The van der Waals surface area contributed by atoms with Crippen LogP contribution in [0.25, 0.3) is 22.3 Å². The van der Waals surface area contributed by atoms with Gasteiger partial charge in [0.15, 0.2) is 0 Å². The zero-order valence-corrected chi connectivity index (χ0v) is 58.9. The van der Waals surface area contributed by atoms with E-state index in [0.717, 1.165) is 0 Å². The van der Waals surface area contributed by atoms with Crippen LogP contribution in [-0.2, 0) is 0 Å². The first kappa shape index (κ1) is 93.6. The number of anilines is 5.